The van der Waals surface area contributed by atoms with Crippen LogP contribution in [0, 0.1) is 10.8 Å². The predicted octanol–water partition coefficient (Wildman–Crippen LogP) is 3.14. The van der Waals surface area contributed by atoms with E-state index in [0.717, 1.165) is 19.3 Å². The second-order valence-electron chi connectivity index (χ2n) is 8.06. The Balaban J connectivity index is 2.45. The van der Waals surface area contributed by atoms with Crippen LogP contribution in [0.25, 0.3) is 0 Å². The van der Waals surface area contributed by atoms with Crippen LogP contribution >= 0.6 is 0 Å². The minimum absolute atomic E-state index is 0.0743. The van der Waals surface area contributed by atoms with E-state index in [4.69, 9.17) is 5.11 Å². The Kier molecular flexibility index (Phi) is 5.65. The van der Waals surface area contributed by atoms with Crippen molar-refractivity contribution in [3.63, 3.8) is 0 Å². The van der Waals surface area contributed by atoms with Crippen molar-refractivity contribution in [3.05, 3.63) is 0 Å². The molecule has 0 aromatic heterocycles. The number of amides is 2. The summed E-state index contributed by atoms with van der Waals surface area (Å²) in [6, 6.07) is -0.146. The van der Waals surface area contributed by atoms with Gasteiger partial charge < -0.3 is 15.7 Å². The van der Waals surface area contributed by atoms with Crippen LogP contribution in [-0.2, 0) is 4.79 Å². The molecule has 3 N–H and O–H groups in total. The van der Waals surface area contributed by atoms with E-state index in [-0.39, 0.29) is 35.4 Å². The molecule has 0 aromatic rings. The molecule has 1 rings (SSSR count). The van der Waals surface area contributed by atoms with Gasteiger partial charge >= 0.3 is 12.0 Å². The molecule has 0 aliphatic heterocycles. The molecular weight excluding hydrogens is 268 g/mol. The normalized spacial score (nSPS) is 22.3. The van der Waals surface area contributed by atoms with Crippen LogP contribution in [0.2, 0.25) is 0 Å². The van der Waals surface area contributed by atoms with Crippen molar-refractivity contribution in [3.8, 4) is 0 Å². The van der Waals surface area contributed by atoms with Crippen LogP contribution in [-0.4, -0.2) is 29.2 Å². The third kappa shape index (κ3) is 6.82. The molecule has 0 bridgehead atoms. The number of carbonyl (C=O) groups is 2. The average Bonchev–Trinajstić information content (AvgIpc) is 2.21. The van der Waals surface area contributed by atoms with Gasteiger partial charge in [0.25, 0.3) is 0 Å². The molecule has 1 aliphatic rings. The molecule has 2 amide bonds. The van der Waals surface area contributed by atoms with Gasteiger partial charge in [0.15, 0.2) is 0 Å². The first-order chi connectivity index (χ1) is 9.49. The highest BCUT2D eigenvalue weighted by Crippen LogP contribution is 2.45. The second kappa shape index (κ2) is 6.67. The van der Waals surface area contributed by atoms with Gasteiger partial charge in [0.2, 0.25) is 0 Å². The molecule has 21 heavy (non-hydrogen) atoms. The number of hydrogen-bond acceptors (Lipinski definition) is 2. The van der Waals surface area contributed by atoms with Crippen LogP contribution in [0.3, 0.4) is 0 Å². The summed E-state index contributed by atoms with van der Waals surface area (Å²) >= 11 is 0. The summed E-state index contributed by atoms with van der Waals surface area (Å²) in [4.78, 5) is 22.5. The smallest absolute Gasteiger partial charge is 0.315 e. The number of nitrogens with one attached hydrogen (secondary N) is 2. The lowest BCUT2D eigenvalue weighted by atomic mass is 9.63. The summed E-state index contributed by atoms with van der Waals surface area (Å²) in [6.07, 6.45) is 3.64. The average molecular weight is 298 g/mol. The molecule has 0 spiro atoms. The zero-order valence-electron chi connectivity index (χ0n) is 14.0. The van der Waals surface area contributed by atoms with Crippen molar-refractivity contribution < 1.29 is 14.7 Å². The highest BCUT2D eigenvalue weighted by Gasteiger charge is 2.38. The van der Waals surface area contributed by atoms with Gasteiger partial charge in [-0.3, -0.25) is 4.79 Å². The zero-order chi connectivity index (χ0) is 16.3. The Labute approximate surface area is 127 Å². The van der Waals surface area contributed by atoms with Crippen molar-refractivity contribution in [2.45, 2.75) is 78.8 Å². The van der Waals surface area contributed by atoms with E-state index in [1.807, 2.05) is 6.92 Å². The number of carbonyl (C=O) groups excluding carboxylic acids is 1. The minimum atomic E-state index is -0.833. The molecule has 1 aliphatic carbocycles. The van der Waals surface area contributed by atoms with E-state index < -0.39 is 5.97 Å². The molecule has 0 saturated heterocycles. The van der Waals surface area contributed by atoms with Crippen LogP contribution in [0.4, 0.5) is 4.79 Å². The summed E-state index contributed by atoms with van der Waals surface area (Å²) in [5.74, 6) is -0.833. The second-order valence-corrected chi connectivity index (χ2v) is 8.06. The van der Waals surface area contributed by atoms with Crippen molar-refractivity contribution >= 4 is 12.0 Å². The Hall–Kier alpha value is -1.26. The van der Waals surface area contributed by atoms with Crippen LogP contribution in [0.15, 0.2) is 0 Å². The number of carboxylic acids is 1. The molecule has 0 aromatic carbocycles. The van der Waals surface area contributed by atoms with Crippen molar-refractivity contribution in [1.29, 1.82) is 0 Å². The number of aliphatic carboxylic acids is 1. The maximum Gasteiger partial charge on any atom is 0.315 e. The van der Waals surface area contributed by atoms with Crippen LogP contribution < -0.4 is 10.6 Å². The number of hydrogen-bond donors (Lipinski definition) is 3. The lowest BCUT2D eigenvalue weighted by Crippen LogP contribution is -2.50. The molecule has 0 radical (unpaired) electrons. The quantitative estimate of drug-likeness (QED) is 0.729. The van der Waals surface area contributed by atoms with Gasteiger partial charge in [0, 0.05) is 18.5 Å². The van der Waals surface area contributed by atoms with Gasteiger partial charge in [-0.2, -0.15) is 0 Å². The predicted molar refractivity (Wildman–Crippen MR) is 83.2 cm³/mol. The van der Waals surface area contributed by atoms with Gasteiger partial charge in [0.05, 0.1) is 0 Å². The summed E-state index contributed by atoms with van der Waals surface area (Å²) in [6.45, 7) is 10.8. The van der Waals surface area contributed by atoms with Gasteiger partial charge in [-0.15, -0.1) is 0 Å². The SMILES string of the molecule is CC(CCC(=O)O)NC(=O)NC1CC(C)(C)CC(C)(C)C1. The fraction of sp³-hybridized carbons (Fsp3) is 0.875. The summed E-state index contributed by atoms with van der Waals surface area (Å²) < 4.78 is 0. The third-order valence-corrected chi connectivity index (χ3v) is 4.06. The molecule has 122 valence electrons. The number of rotatable bonds is 5. The number of carboxylic acid groups (broad SMARTS) is 1. The van der Waals surface area contributed by atoms with Gasteiger partial charge in [-0.1, -0.05) is 27.7 Å². The maximum absolute atomic E-state index is 12.0. The molecule has 0 heterocycles. The van der Waals surface area contributed by atoms with Gasteiger partial charge in [-0.25, -0.2) is 4.79 Å². The molecular formula is C16H30N2O3. The zero-order valence-corrected chi connectivity index (χ0v) is 14.0. The molecule has 1 saturated carbocycles. The fourth-order valence-electron chi connectivity index (χ4n) is 3.81. The van der Waals surface area contributed by atoms with Gasteiger partial charge in [0.1, 0.15) is 0 Å². The van der Waals surface area contributed by atoms with E-state index in [0.29, 0.717) is 6.42 Å². The molecule has 1 fully saturated rings. The van der Waals surface area contributed by atoms with Crippen molar-refractivity contribution in [1.82, 2.24) is 10.6 Å². The van der Waals surface area contributed by atoms with Crippen molar-refractivity contribution in [2.75, 3.05) is 0 Å². The lowest BCUT2D eigenvalue weighted by molar-refractivity contribution is -0.137. The Morgan fingerprint density at radius 2 is 1.71 bits per heavy atom. The molecule has 5 nitrogen and oxygen atoms in total. The standard InChI is InChI=1S/C16H30N2O3/c1-11(6-7-13(19)20)17-14(21)18-12-8-15(2,3)10-16(4,5)9-12/h11-12H,6-10H2,1-5H3,(H,19,20)(H2,17,18,21). The van der Waals surface area contributed by atoms with Crippen LogP contribution in [0.5, 0.6) is 0 Å². The Bertz CT molecular complexity index is 375. The monoisotopic (exact) mass is 298 g/mol. The largest absolute Gasteiger partial charge is 0.481 e. The van der Waals surface area contributed by atoms with E-state index in [2.05, 4.69) is 38.3 Å². The van der Waals surface area contributed by atoms with E-state index in [1.54, 1.807) is 0 Å². The van der Waals surface area contributed by atoms with Crippen LogP contribution in [0.1, 0.15) is 66.7 Å². The van der Waals surface area contributed by atoms with Gasteiger partial charge in [-0.05, 0) is 43.4 Å². The highest BCUT2D eigenvalue weighted by atomic mass is 16.4. The number of urea groups is 1. The first-order valence-electron chi connectivity index (χ1n) is 7.78. The lowest BCUT2D eigenvalue weighted by Gasteiger charge is -2.45. The van der Waals surface area contributed by atoms with E-state index in [1.165, 1.54) is 0 Å². The van der Waals surface area contributed by atoms with E-state index >= 15 is 0 Å². The summed E-state index contributed by atoms with van der Waals surface area (Å²) in [5.41, 5.74) is 0.462. The first-order valence-corrected chi connectivity index (χ1v) is 7.78. The fourth-order valence-corrected chi connectivity index (χ4v) is 3.81. The topological polar surface area (TPSA) is 78.4 Å². The highest BCUT2D eigenvalue weighted by molar-refractivity contribution is 5.74. The summed E-state index contributed by atoms with van der Waals surface area (Å²) in [5, 5.41) is 14.5. The summed E-state index contributed by atoms with van der Waals surface area (Å²) in [7, 11) is 0. The molecule has 1 unspecified atom stereocenters. The molecule has 5 heteroatoms. The van der Waals surface area contributed by atoms with Crippen molar-refractivity contribution in [2.24, 2.45) is 10.8 Å². The Morgan fingerprint density at radius 3 is 2.19 bits per heavy atom. The third-order valence-electron chi connectivity index (χ3n) is 4.06. The Morgan fingerprint density at radius 1 is 1.19 bits per heavy atom. The maximum atomic E-state index is 12.0. The minimum Gasteiger partial charge on any atom is -0.481 e. The molecule has 1 atom stereocenters. The van der Waals surface area contributed by atoms with E-state index in [9.17, 15) is 9.59 Å². The first kappa shape index (κ1) is 17.8.